The second kappa shape index (κ2) is 9.78. The van der Waals surface area contributed by atoms with Crippen molar-refractivity contribution in [3.63, 3.8) is 0 Å². The van der Waals surface area contributed by atoms with Gasteiger partial charge in [0.25, 0.3) is 5.79 Å². The summed E-state index contributed by atoms with van der Waals surface area (Å²) in [5, 5.41) is 0. The van der Waals surface area contributed by atoms with E-state index in [-0.39, 0.29) is 0 Å². The first kappa shape index (κ1) is 21.5. The van der Waals surface area contributed by atoms with Crippen LogP contribution in [0.25, 0.3) is 0 Å². The summed E-state index contributed by atoms with van der Waals surface area (Å²) >= 11 is 0. The van der Waals surface area contributed by atoms with Crippen molar-refractivity contribution >= 4 is 5.97 Å². The third kappa shape index (κ3) is 6.33. The van der Waals surface area contributed by atoms with E-state index in [2.05, 4.69) is 6.92 Å². The van der Waals surface area contributed by atoms with Gasteiger partial charge in [0.1, 0.15) is 11.4 Å². The predicted octanol–water partition coefficient (Wildman–Crippen LogP) is 4.43. The van der Waals surface area contributed by atoms with E-state index in [9.17, 15) is 4.79 Å². The molecule has 0 aliphatic heterocycles. The fraction of sp³-hybridized carbons (Fsp3) is 0.650. The Morgan fingerprint density at radius 1 is 0.960 bits per heavy atom. The topological polar surface area (TPSA) is 54.0 Å². The quantitative estimate of drug-likeness (QED) is 0.354. The van der Waals surface area contributed by atoms with Gasteiger partial charge in [0.2, 0.25) is 0 Å². The molecule has 0 bridgehead atoms. The SMILES string of the molecule is CCCCCCOc1ccc(C(OC)(OC)C(=O)OC(C)(C)C)cc1. The fourth-order valence-electron chi connectivity index (χ4n) is 2.44. The van der Waals surface area contributed by atoms with Crippen LogP contribution < -0.4 is 4.74 Å². The molecule has 1 aromatic rings. The van der Waals surface area contributed by atoms with Crippen LogP contribution in [0.2, 0.25) is 0 Å². The first-order valence-corrected chi connectivity index (χ1v) is 8.86. The molecule has 0 amide bonds. The Morgan fingerprint density at radius 2 is 1.56 bits per heavy atom. The van der Waals surface area contributed by atoms with E-state index in [1.807, 2.05) is 12.1 Å². The van der Waals surface area contributed by atoms with E-state index in [4.69, 9.17) is 18.9 Å². The van der Waals surface area contributed by atoms with E-state index in [1.54, 1.807) is 32.9 Å². The number of methoxy groups -OCH3 is 2. The lowest BCUT2D eigenvalue weighted by molar-refractivity contribution is -0.243. The fourth-order valence-corrected chi connectivity index (χ4v) is 2.44. The maximum atomic E-state index is 12.6. The van der Waals surface area contributed by atoms with E-state index in [0.29, 0.717) is 12.2 Å². The number of rotatable bonds is 10. The number of carbonyl (C=O) groups is 1. The third-order valence-corrected chi connectivity index (χ3v) is 3.74. The summed E-state index contributed by atoms with van der Waals surface area (Å²) in [5.41, 5.74) is -0.0777. The van der Waals surface area contributed by atoms with Crippen molar-refractivity contribution in [3.8, 4) is 5.75 Å². The molecule has 0 aliphatic rings. The monoisotopic (exact) mass is 352 g/mol. The lowest BCUT2D eigenvalue weighted by Crippen LogP contribution is -2.44. The van der Waals surface area contributed by atoms with Crippen LogP contribution in [0.1, 0.15) is 58.9 Å². The van der Waals surface area contributed by atoms with E-state index < -0.39 is 17.4 Å². The lowest BCUT2D eigenvalue weighted by atomic mass is 10.0. The van der Waals surface area contributed by atoms with Crippen molar-refractivity contribution in [2.75, 3.05) is 20.8 Å². The molecule has 5 heteroatoms. The predicted molar refractivity (Wildman–Crippen MR) is 97.6 cm³/mol. The van der Waals surface area contributed by atoms with Crippen molar-refractivity contribution in [1.29, 1.82) is 0 Å². The second-order valence-electron chi connectivity index (χ2n) is 6.96. The lowest BCUT2D eigenvalue weighted by Gasteiger charge is -2.32. The number of ether oxygens (including phenoxy) is 4. The van der Waals surface area contributed by atoms with Gasteiger partial charge in [-0.2, -0.15) is 0 Å². The normalized spacial score (nSPS) is 12.1. The van der Waals surface area contributed by atoms with Crippen LogP contribution in [0.4, 0.5) is 0 Å². The molecule has 0 aromatic heterocycles. The number of esters is 1. The molecule has 25 heavy (non-hydrogen) atoms. The van der Waals surface area contributed by atoms with Crippen LogP contribution in [0.15, 0.2) is 24.3 Å². The minimum atomic E-state index is -1.59. The average Bonchev–Trinajstić information content (AvgIpc) is 2.56. The Bertz CT molecular complexity index is 512. The summed E-state index contributed by atoms with van der Waals surface area (Å²) < 4.78 is 22.0. The maximum Gasteiger partial charge on any atom is 0.372 e. The van der Waals surface area contributed by atoms with E-state index in [0.717, 1.165) is 12.2 Å². The number of benzene rings is 1. The van der Waals surface area contributed by atoms with E-state index >= 15 is 0 Å². The van der Waals surface area contributed by atoms with Gasteiger partial charge in [-0.05, 0) is 51.5 Å². The highest BCUT2D eigenvalue weighted by molar-refractivity contribution is 5.80. The number of unbranched alkanes of at least 4 members (excludes halogenated alkanes) is 3. The molecule has 0 fully saturated rings. The maximum absolute atomic E-state index is 12.6. The molecule has 0 saturated heterocycles. The van der Waals surface area contributed by atoms with Crippen LogP contribution in [-0.4, -0.2) is 32.4 Å². The molecular formula is C20H32O5. The summed E-state index contributed by atoms with van der Waals surface area (Å²) in [6.07, 6.45) is 4.63. The second-order valence-corrected chi connectivity index (χ2v) is 6.96. The van der Waals surface area contributed by atoms with Gasteiger partial charge in [-0.1, -0.05) is 26.2 Å². The summed E-state index contributed by atoms with van der Waals surface area (Å²) in [6, 6.07) is 7.15. The van der Waals surface area contributed by atoms with Crippen LogP contribution in [0.5, 0.6) is 5.75 Å². The van der Waals surface area contributed by atoms with Crippen LogP contribution in [0.3, 0.4) is 0 Å². The summed E-state index contributed by atoms with van der Waals surface area (Å²) in [6.45, 7) is 8.27. The van der Waals surface area contributed by atoms with Crippen molar-refractivity contribution in [3.05, 3.63) is 29.8 Å². The van der Waals surface area contributed by atoms with Crippen molar-refractivity contribution < 1.29 is 23.7 Å². The molecule has 1 rings (SSSR count). The molecule has 0 spiro atoms. The van der Waals surface area contributed by atoms with Gasteiger partial charge < -0.3 is 18.9 Å². The molecule has 0 unspecified atom stereocenters. The summed E-state index contributed by atoms with van der Waals surface area (Å²) in [7, 11) is 2.84. The molecule has 142 valence electrons. The van der Waals surface area contributed by atoms with Crippen LogP contribution in [0, 0.1) is 0 Å². The molecule has 1 aromatic carbocycles. The first-order valence-electron chi connectivity index (χ1n) is 8.86. The molecule has 5 nitrogen and oxygen atoms in total. The Balaban J connectivity index is 2.82. The highest BCUT2D eigenvalue weighted by Crippen LogP contribution is 2.31. The van der Waals surface area contributed by atoms with Gasteiger partial charge in [0.15, 0.2) is 0 Å². The first-order chi connectivity index (χ1) is 11.8. The highest BCUT2D eigenvalue weighted by Gasteiger charge is 2.44. The summed E-state index contributed by atoms with van der Waals surface area (Å²) in [4.78, 5) is 12.6. The zero-order chi connectivity index (χ0) is 18.9. The minimum absolute atomic E-state index is 0.560. The molecular weight excluding hydrogens is 320 g/mol. The molecule has 0 atom stereocenters. The number of hydrogen-bond donors (Lipinski definition) is 0. The standard InChI is InChI=1S/C20H32O5/c1-7-8-9-10-15-24-17-13-11-16(12-14-17)20(22-5,23-6)18(21)25-19(2,3)4/h11-14H,7-10,15H2,1-6H3. The van der Waals surface area contributed by atoms with Crippen molar-refractivity contribution in [2.45, 2.75) is 64.8 Å². The van der Waals surface area contributed by atoms with Gasteiger partial charge in [0.05, 0.1) is 6.61 Å². The minimum Gasteiger partial charge on any atom is -0.494 e. The largest absolute Gasteiger partial charge is 0.494 e. The van der Waals surface area contributed by atoms with Gasteiger partial charge in [-0.15, -0.1) is 0 Å². The molecule has 0 heterocycles. The van der Waals surface area contributed by atoms with E-state index in [1.165, 1.54) is 33.5 Å². The van der Waals surface area contributed by atoms with Crippen LogP contribution in [-0.2, 0) is 24.8 Å². The Hall–Kier alpha value is -1.59. The molecule has 0 saturated carbocycles. The number of hydrogen-bond acceptors (Lipinski definition) is 5. The van der Waals surface area contributed by atoms with Gasteiger partial charge in [0, 0.05) is 19.8 Å². The summed E-state index contributed by atoms with van der Waals surface area (Å²) in [5.74, 6) is -1.42. The van der Waals surface area contributed by atoms with Crippen molar-refractivity contribution in [2.24, 2.45) is 0 Å². The molecule has 0 N–H and O–H groups in total. The Kier molecular flexibility index (Phi) is 8.39. The zero-order valence-corrected chi connectivity index (χ0v) is 16.4. The number of carbonyl (C=O) groups excluding carboxylic acids is 1. The van der Waals surface area contributed by atoms with Gasteiger partial charge in [-0.3, -0.25) is 0 Å². The van der Waals surface area contributed by atoms with Crippen LogP contribution >= 0.6 is 0 Å². The average molecular weight is 352 g/mol. The third-order valence-electron chi connectivity index (χ3n) is 3.74. The molecule has 0 aliphatic carbocycles. The highest BCUT2D eigenvalue weighted by atomic mass is 16.7. The zero-order valence-electron chi connectivity index (χ0n) is 16.4. The van der Waals surface area contributed by atoms with Gasteiger partial charge >= 0.3 is 5.97 Å². The van der Waals surface area contributed by atoms with Gasteiger partial charge in [-0.25, -0.2) is 4.79 Å². The van der Waals surface area contributed by atoms with Crippen molar-refractivity contribution in [1.82, 2.24) is 0 Å². The Labute approximate surface area is 151 Å². The smallest absolute Gasteiger partial charge is 0.372 e. The Morgan fingerprint density at radius 3 is 2.04 bits per heavy atom. The molecule has 0 radical (unpaired) electrons.